The van der Waals surface area contributed by atoms with Gasteiger partial charge in [0.25, 0.3) is 0 Å². The molecule has 0 radical (unpaired) electrons. The number of hydrogen-bond donors (Lipinski definition) is 1. The number of anilines is 1. The van der Waals surface area contributed by atoms with Crippen LogP contribution >= 0.6 is 0 Å². The lowest BCUT2D eigenvalue weighted by atomic mass is 10.0. The Balaban J connectivity index is 1.43. The molecule has 4 aromatic rings. The zero-order valence-corrected chi connectivity index (χ0v) is 17.0. The van der Waals surface area contributed by atoms with Gasteiger partial charge in [-0.2, -0.15) is 4.98 Å². The normalized spacial score (nSPS) is 16.4. The van der Waals surface area contributed by atoms with Crippen molar-refractivity contribution in [1.29, 1.82) is 0 Å². The molecule has 0 saturated carbocycles. The number of benzene rings is 1. The highest BCUT2D eigenvalue weighted by Crippen LogP contribution is 2.33. The molecule has 1 atom stereocenters. The first-order chi connectivity index (χ1) is 14.7. The number of nitrogens with one attached hydrogen (secondary N) is 1. The summed E-state index contributed by atoms with van der Waals surface area (Å²) in [4.78, 5) is 21.0. The molecule has 0 fully saturated rings. The first-order valence-corrected chi connectivity index (χ1v) is 9.93. The number of aromatic amines is 1. The van der Waals surface area contributed by atoms with Crippen LogP contribution in [-0.2, 0) is 19.5 Å². The fraction of sp³-hybridized carbons (Fsp3) is 0.273. The molecular formula is C22H23N7O. The van der Waals surface area contributed by atoms with Gasteiger partial charge in [0.15, 0.2) is 0 Å². The molecule has 0 spiro atoms. The Morgan fingerprint density at radius 1 is 1.13 bits per heavy atom. The van der Waals surface area contributed by atoms with E-state index in [9.17, 15) is 0 Å². The average Bonchev–Trinajstić information content (AvgIpc) is 3.43. The highest BCUT2D eigenvalue weighted by atomic mass is 16.5. The third kappa shape index (κ3) is 3.57. The van der Waals surface area contributed by atoms with Crippen LogP contribution in [0.25, 0.3) is 11.4 Å². The van der Waals surface area contributed by atoms with Crippen LogP contribution in [0, 0.1) is 0 Å². The summed E-state index contributed by atoms with van der Waals surface area (Å²) in [5.74, 6) is 1.19. The average molecular weight is 401 g/mol. The summed E-state index contributed by atoms with van der Waals surface area (Å²) >= 11 is 0. The molecule has 0 saturated heterocycles. The molecule has 0 aliphatic carbocycles. The Kier molecular flexibility index (Phi) is 4.76. The fourth-order valence-corrected chi connectivity index (χ4v) is 3.82. The van der Waals surface area contributed by atoms with Crippen LogP contribution in [0.5, 0.6) is 0 Å². The van der Waals surface area contributed by atoms with Gasteiger partial charge in [0, 0.05) is 57.3 Å². The summed E-state index contributed by atoms with van der Waals surface area (Å²) < 4.78 is 5.70. The van der Waals surface area contributed by atoms with Gasteiger partial charge in [-0.15, -0.1) is 0 Å². The molecule has 1 aliphatic heterocycles. The molecule has 4 heterocycles. The molecular weight excluding hydrogens is 378 g/mol. The van der Waals surface area contributed by atoms with E-state index in [-0.39, 0.29) is 6.04 Å². The topological polar surface area (TPSA) is 87.0 Å². The molecule has 8 heteroatoms. The molecule has 0 amide bonds. The third-order valence-electron chi connectivity index (χ3n) is 5.50. The van der Waals surface area contributed by atoms with E-state index in [0.717, 1.165) is 36.5 Å². The molecule has 1 unspecified atom stereocenters. The van der Waals surface area contributed by atoms with Crippen LogP contribution in [0.15, 0.2) is 59.6 Å². The van der Waals surface area contributed by atoms with Gasteiger partial charge in [0.2, 0.25) is 11.7 Å². The van der Waals surface area contributed by atoms with E-state index in [1.54, 1.807) is 18.7 Å². The first kappa shape index (κ1) is 18.5. The predicted molar refractivity (Wildman–Crippen MR) is 113 cm³/mol. The SMILES string of the molecule is CN(C)c1ccc(CN2Cc3[nH]cnc3CC2c2nc(-c3ccncc3)no2)cc1. The summed E-state index contributed by atoms with van der Waals surface area (Å²) in [6, 6.07) is 12.4. The van der Waals surface area contributed by atoms with E-state index in [2.05, 4.69) is 54.2 Å². The molecule has 1 aromatic carbocycles. The Morgan fingerprint density at radius 2 is 1.93 bits per heavy atom. The Bertz CT molecular complexity index is 1120. The second-order valence-corrected chi connectivity index (χ2v) is 7.71. The van der Waals surface area contributed by atoms with Crippen molar-refractivity contribution in [2.45, 2.75) is 25.6 Å². The van der Waals surface area contributed by atoms with Crippen LogP contribution < -0.4 is 4.90 Å². The number of aromatic nitrogens is 5. The Morgan fingerprint density at radius 3 is 2.70 bits per heavy atom. The minimum atomic E-state index is -0.0302. The van der Waals surface area contributed by atoms with Gasteiger partial charge in [0.1, 0.15) is 0 Å². The van der Waals surface area contributed by atoms with Crippen molar-refractivity contribution >= 4 is 5.69 Å². The van der Waals surface area contributed by atoms with Crippen molar-refractivity contribution in [2.24, 2.45) is 0 Å². The van der Waals surface area contributed by atoms with Gasteiger partial charge in [-0.05, 0) is 29.8 Å². The highest BCUT2D eigenvalue weighted by molar-refractivity contribution is 5.52. The van der Waals surface area contributed by atoms with Crippen LogP contribution in [0.2, 0.25) is 0 Å². The molecule has 0 bridgehead atoms. The van der Waals surface area contributed by atoms with Gasteiger partial charge < -0.3 is 14.4 Å². The number of nitrogens with zero attached hydrogens (tertiary/aromatic N) is 6. The van der Waals surface area contributed by atoms with E-state index in [4.69, 9.17) is 9.51 Å². The summed E-state index contributed by atoms with van der Waals surface area (Å²) in [6.07, 6.45) is 5.94. The molecule has 3 aromatic heterocycles. The lowest BCUT2D eigenvalue weighted by molar-refractivity contribution is 0.128. The van der Waals surface area contributed by atoms with Crippen molar-refractivity contribution < 1.29 is 4.52 Å². The molecule has 152 valence electrons. The zero-order chi connectivity index (χ0) is 20.5. The second kappa shape index (κ2) is 7.72. The van der Waals surface area contributed by atoms with E-state index in [0.29, 0.717) is 11.7 Å². The monoisotopic (exact) mass is 401 g/mol. The van der Waals surface area contributed by atoms with Crippen LogP contribution in [0.1, 0.15) is 28.9 Å². The third-order valence-corrected chi connectivity index (χ3v) is 5.50. The van der Waals surface area contributed by atoms with E-state index in [1.165, 1.54) is 11.3 Å². The fourth-order valence-electron chi connectivity index (χ4n) is 3.82. The summed E-state index contributed by atoms with van der Waals surface area (Å²) in [5, 5.41) is 4.20. The second-order valence-electron chi connectivity index (χ2n) is 7.71. The number of pyridine rings is 1. The smallest absolute Gasteiger partial charge is 0.244 e. The number of hydrogen-bond acceptors (Lipinski definition) is 7. The van der Waals surface area contributed by atoms with Crippen LogP contribution in [-0.4, -0.2) is 44.1 Å². The highest BCUT2D eigenvalue weighted by Gasteiger charge is 2.33. The van der Waals surface area contributed by atoms with Crippen molar-refractivity contribution in [1.82, 2.24) is 30.0 Å². The summed E-state index contributed by atoms with van der Waals surface area (Å²) in [5.41, 5.74) is 5.51. The maximum absolute atomic E-state index is 5.70. The van der Waals surface area contributed by atoms with E-state index >= 15 is 0 Å². The Hall–Kier alpha value is -3.52. The lowest BCUT2D eigenvalue weighted by Crippen LogP contribution is -2.34. The maximum Gasteiger partial charge on any atom is 0.244 e. The number of imidazole rings is 1. The molecule has 1 aliphatic rings. The van der Waals surface area contributed by atoms with Gasteiger partial charge >= 0.3 is 0 Å². The van der Waals surface area contributed by atoms with Gasteiger partial charge in [0.05, 0.1) is 23.8 Å². The van der Waals surface area contributed by atoms with Crippen LogP contribution in [0.4, 0.5) is 5.69 Å². The largest absolute Gasteiger partial charge is 0.378 e. The van der Waals surface area contributed by atoms with E-state index in [1.807, 2.05) is 26.2 Å². The summed E-state index contributed by atoms with van der Waals surface area (Å²) in [6.45, 7) is 1.53. The van der Waals surface area contributed by atoms with Crippen molar-refractivity contribution in [3.8, 4) is 11.4 Å². The molecule has 30 heavy (non-hydrogen) atoms. The lowest BCUT2D eigenvalue weighted by Gasteiger charge is -2.32. The maximum atomic E-state index is 5.70. The molecule has 5 rings (SSSR count). The van der Waals surface area contributed by atoms with Gasteiger partial charge in [-0.3, -0.25) is 9.88 Å². The van der Waals surface area contributed by atoms with Gasteiger partial charge in [-0.1, -0.05) is 17.3 Å². The minimum Gasteiger partial charge on any atom is -0.378 e. The number of rotatable bonds is 5. The summed E-state index contributed by atoms with van der Waals surface area (Å²) in [7, 11) is 4.09. The zero-order valence-electron chi connectivity index (χ0n) is 17.0. The van der Waals surface area contributed by atoms with Crippen molar-refractivity contribution in [3.63, 3.8) is 0 Å². The quantitative estimate of drug-likeness (QED) is 0.549. The van der Waals surface area contributed by atoms with Crippen molar-refractivity contribution in [2.75, 3.05) is 19.0 Å². The van der Waals surface area contributed by atoms with E-state index < -0.39 is 0 Å². The van der Waals surface area contributed by atoms with Gasteiger partial charge in [-0.25, -0.2) is 4.98 Å². The predicted octanol–water partition coefficient (Wildman–Crippen LogP) is 3.22. The number of fused-ring (bicyclic) bond motifs is 1. The molecule has 1 N–H and O–H groups in total. The number of H-pyrrole nitrogens is 1. The minimum absolute atomic E-state index is 0.0302. The first-order valence-electron chi connectivity index (χ1n) is 9.93. The standard InChI is InChI=1S/C22H23N7O/c1-28(2)17-5-3-15(4-6-17)12-29-13-19-18(24-14-25-19)11-20(29)22-26-21(27-30-22)16-7-9-23-10-8-16/h3-10,14,20H,11-13H2,1-2H3,(H,24,25). The van der Waals surface area contributed by atoms with Crippen LogP contribution in [0.3, 0.4) is 0 Å². The molecule has 8 nitrogen and oxygen atoms in total. The van der Waals surface area contributed by atoms with Crippen molar-refractivity contribution in [3.05, 3.63) is 78.0 Å². The Labute approximate surface area is 174 Å².